The number of carbonyl (C=O) groups excluding carboxylic acids is 2. The second-order valence-electron chi connectivity index (χ2n) is 8.28. The van der Waals surface area contributed by atoms with Gasteiger partial charge in [-0.05, 0) is 5.92 Å². The maximum Gasteiger partial charge on any atom is 0.230 e. The van der Waals surface area contributed by atoms with Crippen molar-refractivity contribution >= 4 is 21.7 Å². The van der Waals surface area contributed by atoms with Crippen LogP contribution in [0.15, 0.2) is 12.2 Å². The normalized spacial score (nSPS) is 36.7. The van der Waals surface area contributed by atoms with E-state index < -0.39 is 27.3 Å². The summed E-state index contributed by atoms with van der Waals surface area (Å²) in [6, 6.07) is 0. The zero-order valence-corrected chi connectivity index (χ0v) is 16.8. The van der Waals surface area contributed by atoms with E-state index in [1.54, 1.807) is 4.90 Å². The molecule has 4 aliphatic rings. The number of nitrogens with zero attached hydrogens (tertiary/aromatic N) is 2. The molecule has 4 rings (SSSR count). The van der Waals surface area contributed by atoms with Crippen molar-refractivity contribution in [2.24, 2.45) is 17.8 Å². The summed E-state index contributed by atoms with van der Waals surface area (Å²) in [6.45, 7) is 5.89. The number of sulfone groups is 1. The van der Waals surface area contributed by atoms with E-state index in [1.807, 2.05) is 17.1 Å². The van der Waals surface area contributed by atoms with E-state index in [9.17, 15) is 18.0 Å². The Morgan fingerprint density at radius 1 is 1.30 bits per heavy atom. The molecule has 27 heavy (non-hydrogen) atoms. The van der Waals surface area contributed by atoms with Gasteiger partial charge in [0.25, 0.3) is 0 Å². The topological polar surface area (TPSA) is 84.0 Å². The van der Waals surface area contributed by atoms with Crippen LogP contribution < -0.4 is 0 Å². The summed E-state index contributed by atoms with van der Waals surface area (Å²) in [5, 5.41) is 0. The number of fused-ring (bicyclic) bond motifs is 1. The Balaban J connectivity index is 1.53. The quantitative estimate of drug-likeness (QED) is 0.631. The molecule has 4 heterocycles. The van der Waals surface area contributed by atoms with Gasteiger partial charge in [0.2, 0.25) is 11.8 Å². The average Bonchev–Trinajstić information content (AvgIpc) is 3.27. The molecule has 8 heteroatoms. The van der Waals surface area contributed by atoms with Crippen LogP contribution in [-0.4, -0.2) is 79.4 Å². The van der Waals surface area contributed by atoms with Gasteiger partial charge in [-0.3, -0.25) is 9.59 Å². The number of amides is 2. The van der Waals surface area contributed by atoms with Crippen LogP contribution >= 0.6 is 0 Å². The lowest BCUT2D eigenvalue weighted by atomic mass is 9.76. The summed E-state index contributed by atoms with van der Waals surface area (Å²) in [5.41, 5.74) is -0.685. The molecular weight excluding hydrogens is 368 g/mol. The molecule has 1 spiro atoms. The van der Waals surface area contributed by atoms with Gasteiger partial charge in [-0.2, -0.15) is 0 Å². The number of likely N-dealkylation sites (tertiary alicyclic amines) is 1. The van der Waals surface area contributed by atoms with E-state index in [0.717, 1.165) is 12.8 Å². The summed E-state index contributed by atoms with van der Waals surface area (Å²) >= 11 is 0. The first-order valence-corrected chi connectivity index (χ1v) is 11.8. The minimum Gasteiger partial charge on any atom is -0.360 e. The molecule has 2 amide bonds. The molecule has 0 aromatic carbocycles. The molecule has 0 N–H and O–H groups in total. The fourth-order valence-electron chi connectivity index (χ4n) is 5.02. The maximum absolute atomic E-state index is 13.2. The summed E-state index contributed by atoms with van der Waals surface area (Å²) in [6.07, 6.45) is 5.54. The lowest BCUT2D eigenvalue weighted by molar-refractivity contribution is -0.143. The van der Waals surface area contributed by atoms with Crippen LogP contribution in [0.3, 0.4) is 0 Å². The highest BCUT2D eigenvalue weighted by atomic mass is 32.2. The zero-order chi connectivity index (χ0) is 19.4. The molecule has 0 radical (unpaired) electrons. The highest BCUT2D eigenvalue weighted by Crippen LogP contribution is 2.52. The van der Waals surface area contributed by atoms with Gasteiger partial charge in [0.05, 0.1) is 36.0 Å². The highest BCUT2D eigenvalue weighted by molar-refractivity contribution is 7.91. The van der Waals surface area contributed by atoms with Crippen molar-refractivity contribution in [3.05, 3.63) is 12.2 Å². The number of hydrogen-bond donors (Lipinski definition) is 0. The molecule has 150 valence electrons. The molecule has 7 nitrogen and oxygen atoms in total. The number of rotatable bonds is 5. The molecule has 0 aliphatic carbocycles. The van der Waals surface area contributed by atoms with Crippen molar-refractivity contribution < 1.29 is 22.7 Å². The van der Waals surface area contributed by atoms with Gasteiger partial charge in [-0.15, -0.1) is 0 Å². The Labute approximate surface area is 160 Å². The smallest absolute Gasteiger partial charge is 0.230 e. The molecule has 0 unspecified atom stereocenters. The third-order valence-electron chi connectivity index (χ3n) is 6.75. The molecule has 0 saturated carbocycles. The van der Waals surface area contributed by atoms with Crippen LogP contribution in [0, 0.1) is 17.8 Å². The fraction of sp³-hybridized carbons (Fsp3) is 0.789. The standard InChI is InChI=1S/C19H28N2O5S/c1-3-13(4-2)11-21-12-19-6-5-14(26-19)15(16(19)18(21)23)17(22)20-7-9-27(24,25)10-8-20/h5-6,13-16H,3-4,7-12H2,1-2H3/t14-,15+,16+,19-/m0/s1. The summed E-state index contributed by atoms with van der Waals surface area (Å²) in [4.78, 5) is 29.8. The fourth-order valence-corrected chi connectivity index (χ4v) is 6.22. The minimum atomic E-state index is -3.06. The third kappa shape index (κ3) is 3.01. The van der Waals surface area contributed by atoms with Gasteiger partial charge in [-0.1, -0.05) is 38.8 Å². The number of ether oxygens (including phenoxy) is 1. The Morgan fingerprint density at radius 3 is 2.59 bits per heavy atom. The van der Waals surface area contributed by atoms with E-state index >= 15 is 0 Å². The van der Waals surface area contributed by atoms with Crippen LogP contribution in [0.1, 0.15) is 26.7 Å². The molecule has 4 atom stereocenters. The van der Waals surface area contributed by atoms with Gasteiger partial charge < -0.3 is 14.5 Å². The van der Waals surface area contributed by atoms with Gasteiger partial charge in [0, 0.05) is 19.6 Å². The van der Waals surface area contributed by atoms with Crippen LogP contribution in [0.5, 0.6) is 0 Å². The van der Waals surface area contributed by atoms with E-state index in [1.165, 1.54) is 0 Å². The molecule has 3 fully saturated rings. The first-order chi connectivity index (χ1) is 12.8. The van der Waals surface area contributed by atoms with Crippen LogP contribution in [0.4, 0.5) is 0 Å². The van der Waals surface area contributed by atoms with E-state index in [4.69, 9.17) is 4.74 Å². The molecule has 0 aromatic rings. The first-order valence-electron chi connectivity index (χ1n) is 9.95. The zero-order valence-electron chi connectivity index (χ0n) is 16.0. The first kappa shape index (κ1) is 18.9. The van der Waals surface area contributed by atoms with Crippen molar-refractivity contribution in [2.45, 2.75) is 38.4 Å². The second kappa shape index (κ2) is 6.58. The van der Waals surface area contributed by atoms with E-state index in [0.29, 0.717) is 19.0 Å². The predicted octanol–water partition coefficient (Wildman–Crippen LogP) is 0.462. The number of carbonyl (C=O) groups is 2. The van der Waals surface area contributed by atoms with Crippen molar-refractivity contribution in [3.63, 3.8) is 0 Å². The third-order valence-corrected chi connectivity index (χ3v) is 8.36. The van der Waals surface area contributed by atoms with Crippen LogP contribution in [0.25, 0.3) is 0 Å². The highest BCUT2D eigenvalue weighted by Gasteiger charge is 2.67. The summed E-state index contributed by atoms with van der Waals surface area (Å²) in [7, 11) is -3.06. The summed E-state index contributed by atoms with van der Waals surface area (Å²) < 4.78 is 29.5. The molecule has 0 aromatic heterocycles. The van der Waals surface area contributed by atoms with Gasteiger partial charge in [-0.25, -0.2) is 8.42 Å². The molecule has 4 aliphatic heterocycles. The lowest BCUT2D eigenvalue weighted by Gasteiger charge is -2.32. The van der Waals surface area contributed by atoms with Crippen molar-refractivity contribution in [2.75, 3.05) is 37.7 Å². The van der Waals surface area contributed by atoms with Gasteiger partial charge in [0.1, 0.15) is 5.60 Å². The minimum absolute atomic E-state index is 0.00260. The Hall–Kier alpha value is -1.41. The molecule has 2 bridgehead atoms. The van der Waals surface area contributed by atoms with E-state index in [-0.39, 0.29) is 42.5 Å². The Morgan fingerprint density at radius 2 is 1.96 bits per heavy atom. The van der Waals surface area contributed by atoms with Crippen LogP contribution in [0.2, 0.25) is 0 Å². The SMILES string of the molecule is CCC(CC)CN1C[C@]23C=C[C@H](O2)[C@@H](C(=O)N2CCS(=O)(=O)CC2)[C@@H]3C1=O. The summed E-state index contributed by atoms with van der Waals surface area (Å²) in [5.74, 6) is -0.690. The Kier molecular flexibility index (Phi) is 4.62. The Bertz CT molecular complexity index is 761. The average molecular weight is 397 g/mol. The predicted molar refractivity (Wildman–Crippen MR) is 99.6 cm³/mol. The largest absolute Gasteiger partial charge is 0.360 e. The lowest BCUT2D eigenvalue weighted by Crippen LogP contribution is -2.50. The number of hydrogen-bond acceptors (Lipinski definition) is 5. The van der Waals surface area contributed by atoms with Crippen molar-refractivity contribution in [3.8, 4) is 0 Å². The van der Waals surface area contributed by atoms with Gasteiger partial charge >= 0.3 is 0 Å². The molecule has 3 saturated heterocycles. The van der Waals surface area contributed by atoms with Gasteiger partial charge in [0.15, 0.2) is 9.84 Å². The molecular formula is C19H28N2O5S. The van der Waals surface area contributed by atoms with Crippen molar-refractivity contribution in [1.82, 2.24) is 9.80 Å². The van der Waals surface area contributed by atoms with Crippen LogP contribution in [-0.2, 0) is 24.2 Å². The maximum atomic E-state index is 13.2. The van der Waals surface area contributed by atoms with Crippen molar-refractivity contribution in [1.29, 1.82) is 0 Å². The van der Waals surface area contributed by atoms with E-state index in [2.05, 4.69) is 13.8 Å². The second-order valence-corrected chi connectivity index (χ2v) is 10.6. The monoisotopic (exact) mass is 396 g/mol.